The number of para-hydroxylation sites is 1. The lowest BCUT2D eigenvalue weighted by Gasteiger charge is -2.26. The summed E-state index contributed by atoms with van der Waals surface area (Å²) in [5, 5.41) is 6.28. The minimum Gasteiger partial charge on any atom is -0.337 e. The van der Waals surface area contributed by atoms with E-state index in [0.717, 1.165) is 19.3 Å². The zero-order valence-electron chi connectivity index (χ0n) is 23.7. The number of pyridine rings is 1. The van der Waals surface area contributed by atoms with E-state index >= 15 is 0 Å². The van der Waals surface area contributed by atoms with Gasteiger partial charge in [0, 0.05) is 31.9 Å². The Morgan fingerprint density at radius 3 is 2.76 bits per heavy atom. The first kappa shape index (κ1) is 29.1. The summed E-state index contributed by atoms with van der Waals surface area (Å²) in [7, 11) is 3.91. The Morgan fingerprint density at radius 1 is 1.14 bits per heavy atom. The van der Waals surface area contributed by atoms with Crippen LogP contribution in [0.15, 0.2) is 73.5 Å². The van der Waals surface area contributed by atoms with Crippen LogP contribution in [-0.4, -0.2) is 75.2 Å². The van der Waals surface area contributed by atoms with Crippen molar-refractivity contribution in [3.05, 3.63) is 84.2 Å². The van der Waals surface area contributed by atoms with Gasteiger partial charge in [-0.25, -0.2) is 4.98 Å². The van der Waals surface area contributed by atoms with Gasteiger partial charge in [-0.2, -0.15) is 0 Å². The van der Waals surface area contributed by atoms with Crippen LogP contribution in [0.3, 0.4) is 0 Å². The van der Waals surface area contributed by atoms with E-state index in [9.17, 15) is 14.4 Å². The number of imidazole rings is 1. The van der Waals surface area contributed by atoms with Crippen LogP contribution in [0.25, 0.3) is 16.6 Å². The molecule has 0 spiro atoms. The monoisotopic (exact) mass is 587 g/mol. The van der Waals surface area contributed by atoms with Crippen LogP contribution in [0.5, 0.6) is 0 Å². The Hall–Kier alpha value is -4.41. The number of carbonyl (C=O) groups excluding carboxylic acids is 3. The van der Waals surface area contributed by atoms with Gasteiger partial charge in [-0.15, -0.1) is 0 Å². The molecule has 42 heavy (non-hydrogen) atoms. The molecule has 10 nitrogen and oxygen atoms in total. The molecule has 11 heteroatoms. The van der Waals surface area contributed by atoms with Gasteiger partial charge in [0.25, 0.3) is 5.91 Å². The molecule has 1 aromatic carbocycles. The summed E-state index contributed by atoms with van der Waals surface area (Å²) in [6.07, 6.45) is 9.00. The van der Waals surface area contributed by atoms with Gasteiger partial charge in [-0.05, 0) is 69.8 Å². The van der Waals surface area contributed by atoms with Crippen molar-refractivity contribution in [2.45, 2.75) is 25.3 Å². The Labute approximate surface area is 249 Å². The summed E-state index contributed by atoms with van der Waals surface area (Å²) in [6, 6.07) is 12.4. The Balaban J connectivity index is 1.51. The van der Waals surface area contributed by atoms with Crippen LogP contribution >= 0.6 is 11.6 Å². The number of likely N-dealkylation sites (N-methyl/N-ethyl adjacent to an activating group) is 1. The molecule has 1 atom stereocenters. The fourth-order valence-electron chi connectivity index (χ4n) is 5.33. The fourth-order valence-corrected chi connectivity index (χ4v) is 5.59. The van der Waals surface area contributed by atoms with Crippen LogP contribution in [0.4, 0.5) is 11.6 Å². The van der Waals surface area contributed by atoms with Crippen molar-refractivity contribution >= 4 is 57.5 Å². The smallest absolute Gasteiger partial charge is 0.275 e. The number of benzene rings is 1. The minimum atomic E-state index is -0.406. The first-order valence-electron chi connectivity index (χ1n) is 13.9. The average molecular weight is 588 g/mol. The van der Waals surface area contributed by atoms with Gasteiger partial charge < -0.3 is 24.1 Å². The maximum Gasteiger partial charge on any atom is 0.275 e. The summed E-state index contributed by atoms with van der Waals surface area (Å²) in [4.78, 5) is 47.5. The van der Waals surface area contributed by atoms with Gasteiger partial charge >= 0.3 is 0 Å². The zero-order valence-corrected chi connectivity index (χ0v) is 24.5. The van der Waals surface area contributed by atoms with E-state index in [-0.39, 0.29) is 17.9 Å². The molecule has 1 fully saturated rings. The highest BCUT2D eigenvalue weighted by Crippen LogP contribution is 2.34. The third-order valence-electron chi connectivity index (χ3n) is 7.29. The van der Waals surface area contributed by atoms with Crippen molar-refractivity contribution in [2.24, 2.45) is 0 Å². The van der Waals surface area contributed by atoms with Crippen molar-refractivity contribution in [3.8, 4) is 0 Å². The number of hydrogen-bond acceptors (Lipinski definition) is 5. The molecule has 0 bridgehead atoms. The SMILES string of the molecule is C=CC(=O)Nc1cc(C(=O)Nc2nc3cccc(Cl)c3n2[C@@H]2CCCCN(C(=O)/C=C/CN(C)C)C2)n2ccccc12. The molecule has 218 valence electrons. The number of rotatable bonds is 8. The normalized spacial score (nSPS) is 15.8. The molecular formula is C31H34ClN7O3. The lowest BCUT2D eigenvalue weighted by Crippen LogP contribution is -2.35. The van der Waals surface area contributed by atoms with Gasteiger partial charge in [-0.3, -0.25) is 19.7 Å². The molecule has 0 saturated carbocycles. The molecular weight excluding hydrogens is 554 g/mol. The number of nitrogens with zero attached hydrogens (tertiary/aromatic N) is 5. The third-order valence-corrected chi connectivity index (χ3v) is 7.60. The summed E-state index contributed by atoms with van der Waals surface area (Å²) >= 11 is 6.71. The second kappa shape index (κ2) is 12.6. The summed E-state index contributed by atoms with van der Waals surface area (Å²) in [6.45, 7) is 5.29. The van der Waals surface area contributed by atoms with Crippen molar-refractivity contribution < 1.29 is 14.4 Å². The highest BCUT2D eigenvalue weighted by Gasteiger charge is 2.28. The molecule has 4 aromatic rings. The van der Waals surface area contributed by atoms with E-state index in [2.05, 4.69) is 17.2 Å². The highest BCUT2D eigenvalue weighted by molar-refractivity contribution is 6.35. The molecule has 0 aliphatic carbocycles. The predicted octanol–water partition coefficient (Wildman–Crippen LogP) is 4.99. The fraction of sp³-hybridized carbons (Fsp3) is 0.290. The number of hydrogen-bond donors (Lipinski definition) is 2. The third kappa shape index (κ3) is 6.09. The van der Waals surface area contributed by atoms with Crippen molar-refractivity contribution in [3.63, 3.8) is 0 Å². The van der Waals surface area contributed by atoms with Crippen molar-refractivity contribution in [1.82, 2.24) is 23.8 Å². The van der Waals surface area contributed by atoms with Crippen LogP contribution in [-0.2, 0) is 9.59 Å². The number of carbonyl (C=O) groups is 3. The van der Waals surface area contributed by atoms with Crippen LogP contribution < -0.4 is 10.6 Å². The van der Waals surface area contributed by atoms with E-state index in [4.69, 9.17) is 16.6 Å². The second-order valence-corrected chi connectivity index (χ2v) is 11.0. The molecule has 5 rings (SSSR count). The minimum absolute atomic E-state index is 0.0430. The lowest BCUT2D eigenvalue weighted by atomic mass is 10.1. The maximum atomic E-state index is 13.8. The Kier molecular flexibility index (Phi) is 8.75. The van der Waals surface area contributed by atoms with Crippen molar-refractivity contribution in [1.29, 1.82) is 0 Å². The first-order chi connectivity index (χ1) is 20.3. The van der Waals surface area contributed by atoms with E-state index in [0.29, 0.717) is 58.5 Å². The average Bonchev–Trinajstić information content (AvgIpc) is 3.41. The topological polar surface area (TPSA) is 104 Å². The van der Waals surface area contributed by atoms with Gasteiger partial charge in [0.15, 0.2) is 0 Å². The predicted molar refractivity (Wildman–Crippen MR) is 166 cm³/mol. The van der Waals surface area contributed by atoms with Gasteiger partial charge in [0.05, 0.1) is 33.3 Å². The molecule has 1 aliphatic heterocycles. The van der Waals surface area contributed by atoms with Crippen LogP contribution in [0, 0.1) is 0 Å². The Bertz CT molecular complexity index is 1690. The molecule has 0 unspecified atom stereocenters. The molecule has 1 aliphatic rings. The van der Waals surface area contributed by atoms with Gasteiger partial charge in [0.2, 0.25) is 17.8 Å². The van der Waals surface area contributed by atoms with Gasteiger partial charge in [-0.1, -0.05) is 36.4 Å². The number of nitrogens with one attached hydrogen (secondary N) is 2. The molecule has 4 heterocycles. The van der Waals surface area contributed by atoms with Crippen molar-refractivity contribution in [2.75, 3.05) is 44.4 Å². The first-order valence-corrected chi connectivity index (χ1v) is 14.3. The number of amides is 3. The number of likely N-dealkylation sites (tertiary alicyclic amines) is 1. The highest BCUT2D eigenvalue weighted by atomic mass is 35.5. The molecule has 3 amide bonds. The number of halogens is 1. The Morgan fingerprint density at radius 2 is 1.98 bits per heavy atom. The van der Waals surface area contributed by atoms with E-state index in [1.54, 1.807) is 28.8 Å². The molecule has 2 N–H and O–H groups in total. The molecule has 1 saturated heterocycles. The summed E-state index contributed by atoms with van der Waals surface area (Å²) < 4.78 is 3.67. The lowest BCUT2D eigenvalue weighted by molar-refractivity contribution is -0.126. The molecule has 0 radical (unpaired) electrons. The van der Waals surface area contributed by atoms with Gasteiger partial charge in [0.1, 0.15) is 5.69 Å². The number of anilines is 2. The summed E-state index contributed by atoms with van der Waals surface area (Å²) in [5.74, 6) is -0.485. The summed E-state index contributed by atoms with van der Waals surface area (Å²) in [5.41, 5.74) is 2.82. The number of aromatic nitrogens is 3. The van der Waals surface area contributed by atoms with Crippen LogP contribution in [0.2, 0.25) is 5.02 Å². The van der Waals surface area contributed by atoms with E-state index in [1.807, 2.05) is 64.9 Å². The zero-order chi connectivity index (χ0) is 29.8. The second-order valence-electron chi connectivity index (χ2n) is 10.6. The van der Waals surface area contributed by atoms with E-state index in [1.165, 1.54) is 6.08 Å². The number of fused-ring (bicyclic) bond motifs is 2. The van der Waals surface area contributed by atoms with E-state index < -0.39 is 5.91 Å². The standard InChI is InChI=1S/C31H34ClN7O3/c1-4-27(40)33-24-19-26(38-18-8-6-14-25(24)38)30(42)35-31-34-23-13-9-12-22(32)29(23)39(31)21-11-5-7-17-37(20-21)28(41)15-10-16-36(2)3/h4,6,8-10,12-15,18-19,21H,1,5,7,11,16-17,20H2,2-3H3,(H,33,40)(H,34,35,42)/b15-10+/t21-/m1/s1. The molecule has 3 aromatic heterocycles. The quantitative estimate of drug-likeness (QED) is 0.283. The largest absolute Gasteiger partial charge is 0.337 e. The maximum absolute atomic E-state index is 13.8. The van der Waals surface area contributed by atoms with Crippen LogP contribution in [0.1, 0.15) is 35.8 Å².